The quantitative estimate of drug-likeness (QED) is 0.546. The molecule has 132 valence electrons. The van der Waals surface area contributed by atoms with Gasteiger partial charge in [0.25, 0.3) is 0 Å². The number of rotatable bonds is 4. The average molecular weight is 386 g/mol. The third-order valence-corrected chi connectivity index (χ3v) is 5.17. The number of methoxy groups -OCH3 is 1. The van der Waals surface area contributed by atoms with Crippen LogP contribution in [0.15, 0.2) is 35.7 Å². The van der Waals surface area contributed by atoms with Gasteiger partial charge >= 0.3 is 0 Å². The van der Waals surface area contributed by atoms with Gasteiger partial charge < -0.3 is 10.1 Å². The molecule has 0 spiro atoms. The third kappa shape index (κ3) is 2.89. The van der Waals surface area contributed by atoms with Gasteiger partial charge in [-0.15, -0.1) is 11.3 Å². The van der Waals surface area contributed by atoms with Crippen LogP contribution < -0.4 is 10.1 Å². The van der Waals surface area contributed by atoms with Gasteiger partial charge in [-0.3, -0.25) is 4.68 Å². The van der Waals surface area contributed by atoms with E-state index in [2.05, 4.69) is 10.4 Å². The van der Waals surface area contributed by atoms with E-state index in [0.717, 1.165) is 27.3 Å². The molecule has 3 heterocycles. The van der Waals surface area contributed by atoms with E-state index in [1.807, 2.05) is 49.7 Å². The lowest BCUT2D eigenvalue weighted by Gasteiger charge is -2.11. The SMILES string of the molecule is COc1ccc(Nc2nc(-c3cccs3)nc3c(C)nn(C)c23)cc1Cl. The van der Waals surface area contributed by atoms with Crippen LogP contribution in [0.1, 0.15) is 5.69 Å². The van der Waals surface area contributed by atoms with Crippen LogP contribution in [0, 0.1) is 6.92 Å². The number of halogens is 1. The summed E-state index contributed by atoms with van der Waals surface area (Å²) in [6.45, 7) is 1.95. The molecule has 0 saturated heterocycles. The zero-order chi connectivity index (χ0) is 18.3. The summed E-state index contributed by atoms with van der Waals surface area (Å²) < 4.78 is 7.00. The molecule has 0 saturated carbocycles. The van der Waals surface area contributed by atoms with Crippen molar-refractivity contribution in [3.8, 4) is 16.5 Å². The second-order valence-electron chi connectivity index (χ2n) is 5.75. The topological polar surface area (TPSA) is 64.9 Å². The number of aryl methyl sites for hydroxylation is 2. The lowest BCUT2D eigenvalue weighted by molar-refractivity contribution is 0.415. The van der Waals surface area contributed by atoms with Gasteiger partial charge in [0.2, 0.25) is 0 Å². The van der Waals surface area contributed by atoms with Crippen LogP contribution in [0.2, 0.25) is 5.02 Å². The molecule has 0 fully saturated rings. The summed E-state index contributed by atoms with van der Waals surface area (Å²) >= 11 is 7.85. The first-order chi connectivity index (χ1) is 12.6. The van der Waals surface area contributed by atoms with Crippen molar-refractivity contribution in [1.82, 2.24) is 19.7 Å². The van der Waals surface area contributed by atoms with Crippen LogP contribution in [0.3, 0.4) is 0 Å². The van der Waals surface area contributed by atoms with Crippen molar-refractivity contribution in [3.63, 3.8) is 0 Å². The molecule has 4 aromatic rings. The van der Waals surface area contributed by atoms with Crippen molar-refractivity contribution in [3.05, 3.63) is 46.4 Å². The Kier molecular flexibility index (Phi) is 4.26. The fourth-order valence-electron chi connectivity index (χ4n) is 2.82. The van der Waals surface area contributed by atoms with Crippen molar-refractivity contribution in [2.75, 3.05) is 12.4 Å². The van der Waals surface area contributed by atoms with Gasteiger partial charge in [0, 0.05) is 12.7 Å². The number of hydrogen-bond acceptors (Lipinski definition) is 6. The first-order valence-electron chi connectivity index (χ1n) is 7.92. The van der Waals surface area contributed by atoms with Crippen molar-refractivity contribution < 1.29 is 4.74 Å². The fourth-order valence-corrected chi connectivity index (χ4v) is 3.74. The highest BCUT2D eigenvalue weighted by molar-refractivity contribution is 7.13. The Morgan fingerprint density at radius 1 is 1.23 bits per heavy atom. The molecule has 4 rings (SSSR count). The molecule has 1 aromatic carbocycles. The van der Waals surface area contributed by atoms with Gasteiger partial charge in [0.05, 0.1) is 22.7 Å². The predicted molar refractivity (Wildman–Crippen MR) is 106 cm³/mol. The van der Waals surface area contributed by atoms with E-state index in [1.165, 1.54) is 0 Å². The Morgan fingerprint density at radius 2 is 2.08 bits per heavy atom. The Hall–Kier alpha value is -2.64. The smallest absolute Gasteiger partial charge is 0.172 e. The summed E-state index contributed by atoms with van der Waals surface area (Å²) in [6.07, 6.45) is 0. The average Bonchev–Trinajstić information content (AvgIpc) is 3.24. The van der Waals surface area contributed by atoms with Gasteiger partial charge in [0.15, 0.2) is 11.6 Å². The molecular formula is C18H16ClN5OS. The summed E-state index contributed by atoms with van der Waals surface area (Å²) in [5, 5.41) is 10.4. The largest absolute Gasteiger partial charge is 0.495 e. The van der Waals surface area contributed by atoms with Crippen molar-refractivity contribution in [2.45, 2.75) is 6.92 Å². The highest BCUT2D eigenvalue weighted by Gasteiger charge is 2.17. The lowest BCUT2D eigenvalue weighted by atomic mass is 10.2. The molecule has 3 aromatic heterocycles. The minimum atomic E-state index is 0.530. The molecular weight excluding hydrogens is 370 g/mol. The second kappa shape index (κ2) is 6.59. The predicted octanol–water partition coefficient (Wildman–Crippen LogP) is 4.81. The van der Waals surface area contributed by atoms with E-state index >= 15 is 0 Å². The minimum absolute atomic E-state index is 0.530. The molecule has 0 aliphatic rings. The Balaban J connectivity index is 1.86. The highest BCUT2D eigenvalue weighted by Crippen LogP contribution is 2.32. The van der Waals surface area contributed by atoms with E-state index in [1.54, 1.807) is 23.1 Å². The number of fused-ring (bicyclic) bond motifs is 1. The summed E-state index contributed by atoms with van der Waals surface area (Å²) in [4.78, 5) is 10.5. The summed E-state index contributed by atoms with van der Waals surface area (Å²) in [7, 11) is 3.48. The summed E-state index contributed by atoms with van der Waals surface area (Å²) in [5.74, 6) is 1.98. The molecule has 0 atom stereocenters. The van der Waals surface area contributed by atoms with E-state index in [4.69, 9.17) is 26.3 Å². The van der Waals surface area contributed by atoms with Crippen LogP contribution in [-0.4, -0.2) is 26.9 Å². The first-order valence-corrected chi connectivity index (χ1v) is 9.18. The normalized spacial score (nSPS) is 11.1. The Bertz CT molecular complexity index is 1090. The summed E-state index contributed by atoms with van der Waals surface area (Å²) in [5.41, 5.74) is 3.34. The third-order valence-electron chi connectivity index (χ3n) is 4.01. The zero-order valence-electron chi connectivity index (χ0n) is 14.4. The molecule has 0 unspecified atom stereocenters. The van der Waals surface area contributed by atoms with Gasteiger partial charge in [0.1, 0.15) is 16.8 Å². The number of nitrogens with one attached hydrogen (secondary N) is 1. The van der Waals surface area contributed by atoms with Gasteiger partial charge in [-0.2, -0.15) is 5.10 Å². The van der Waals surface area contributed by atoms with Gasteiger partial charge in [-0.1, -0.05) is 17.7 Å². The number of anilines is 2. The lowest BCUT2D eigenvalue weighted by Crippen LogP contribution is -2.01. The zero-order valence-corrected chi connectivity index (χ0v) is 16.0. The summed E-state index contributed by atoms with van der Waals surface area (Å²) in [6, 6.07) is 9.51. The van der Waals surface area contributed by atoms with E-state index in [-0.39, 0.29) is 0 Å². The van der Waals surface area contributed by atoms with Crippen LogP contribution in [0.4, 0.5) is 11.5 Å². The van der Waals surface area contributed by atoms with Gasteiger partial charge in [-0.05, 0) is 36.6 Å². The number of hydrogen-bond donors (Lipinski definition) is 1. The van der Waals surface area contributed by atoms with Crippen LogP contribution in [-0.2, 0) is 7.05 Å². The number of aromatic nitrogens is 4. The maximum atomic E-state index is 6.25. The van der Waals surface area contributed by atoms with Gasteiger partial charge in [-0.25, -0.2) is 9.97 Å². The second-order valence-corrected chi connectivity index (χ2v) is 7.11. The molecule has 0 radical (unpaired) electrons. The molecule has 26 heavy (non-hydrogen) atoms. The molecule has 8 heteroatoms. The Morgan fingerprint density at radius 3 is 2.77 bits per heavy atom. The molecule has 0 aliphatic heterocycles. The van der Waals surface area contributed by atoms with E-state index in [0.29, 0.717) is 22.4 Å². The molecule has 1 N–H and O–H groups in total. The van der Waals surface area contributed by atoms with E-state index in [9.17, 15) is 0 Å². The minimum Gasteiger partial charge on any atom is -0.495 e. The number of ether oxygens (including phenoxy) is 1. The van der Waals surface area contributed by atoms with Crippen LogP contribution >= 0.6 is 22.9 Å². The van der Waals surface area contributed by atoms with Crippen molar-refractivity contribution in [2.24, 2.45) is 7.05 Å². The number of benzene rings is 1. The highest BCUT2D eigenvalue weighted by atomic mass is 35.5. The first kappa shape index (κ1) is 16.8. The maximum Gasteiger partial charge on any atom is 0.172 e. The van der Waals surface area contributed by atoms with E-state index < -0.39 is 0 Å². The number of nitrogens with zero attached hydrogens (tertiary/aromatic N) is 4. The standard InChI is InChI=1S/C18H16ClN5OS/c1-10-15-16(24(2)23-10)18(22-17(21-15)14-5-4-8-26-14)20-11-6-7-13(25-3)12(19)9-11/h4-9H,1-3H3,(H,20,21,22). The molecule has 6 nitrogen and oxygen atoms in total. The molecule has 0 aliphatic carbocycles. The monoisotopic (exact) mass is 385 g/mol. The molecule has 0 bridgehead atoms. The fraction of sp³-hybridized carbons (Fsp3) is 0.167. The molecule has 0 amide bonds. The number of thiophene rings is 1. The maximum absolute atomic E-state index is 6.25. The van der Waals surface area contributed by atoms with Crippen LogP contribution in [0.5, 0.6) is 5.75 Å². The van der Waals surface area contributed by atoms with Crippen LogP contribution in [0.25, 0.3) is 21.7 Å². The Labute approximate surface area is 159 Å². The van der Waals surface area contributed by atoms with Crippen molar-refractivity contribution in [1.29, 1.82) is 0 Å². The van der Waals surface area contributed by atoms with Crippen molar-refractivity contribution >= 4 is 45.5 Å².